The molecule has 6 heteroatoms. The first-order valence-corrected chi connectivity index (χ1v) is 13.4. The molecule has 0 saturated heterocycles. The summed E-state index contributed by atoms with van der Waals surface area (Å²) in [5.41, 5.74) is 5.64. The van der Waals surface area contributed by atoms with Crippen molar-refractivity contribution in [3.63, 3.8) is 0 Å². The third-order valence-electron chi connectivity index (χ3n) is 7.52. The number of carbonyl (C=O) groups is 2. The first kappa shape index (κ1) is 27.3. The molecule has 0 aliphatic heterocycles. The van der Waals surface area contributed by atoms with E-state index in [4.69, 9.17) is 16.7 Å². The fraction of sp³-hybridized carbons (Fsp3) is 0.281. The first-order valence-electron chi connectivity index (χ1n) is 13.0. The van der Waals surface area contributed by atoms with Crippen LogP contribution in [0, 0.1) is 11.8 Å². The van der Waals surface area contributed by atoms with Crippen molar-refractivity contribution < 1.29 is 14.7 Å². The Morgan fingerprint density at radius 3 is 2.24 bits per heavy atom. The van der Waals surface area contributed by atoms with Gasteiger partial charge in [-0.25, -0.2) is 0 Å². The quantitative estimate of drug-likeness (QED) is 0.287. The van der Waals surface area contributed by atoms with Crippen LogP contribution in [0.4, 0.5) is 5.69 Å². The van der Waals surface area contributed by atoms with Crippen molar-refractivity contribution in [2.24, 2.45) is 11.8 Å². The van der Waals surface area contributed by atoms with Gasteiger partial charge in [-0.3, -0.25) is 14.6 Å². The molecule has 0 unspecified atom stereocenters. The van der Waals surface area contributed by atoms with Crippen LogP contribution in [0.5, 0.6) is 0 Å². The van der Waals surface area contributed by atoms with Gasteiger partial charge in [0.15, 0.2) is 0 Å². The Morgan fingerprint density at radius 2 is 1.63 bits per heavy atom. The van der Waals surface area contributed by atoms with Crippen LogP contribution < -0.4 is 5.32 Å². The SMILES string of the molecule is C=Cc1nccc([C@H]2CC[C@@H]([C@@H](Cc3ccc(CC(=O)O)cc3)C(=O)Nc3ccc(Cl)cc3)CC2)c1C=C. The molecule has 1 aliphatic carbocycles. The summed E-state index contributed by atoms with van der Waals surface area (Å²) in [5, 5.41) is 12.8. The van der Waals surface area contributed by atoms with Gasteiger partial charge in [0.2, 0.25) is 5.91 Å². The van der Waals surface area contributed by atoms with Gasteiger partial charge in [0.1, 0.15) is 0 Å². The molecule has 2 N–H and O–H groups in total. The number of aliphatic carboxylic acids is 1. The van der Waals surface area contributed by atoms with Gasteiger partial charge in [-0.1, -0.05) is 55.1 Å². The Labute approximate surface area is 229 Å². The normalized spacial score (nSPS) is 17.8. The van der Waals surface area contributed by atoms with Gasteiger partial charge in [0, 0.05) is 28.4 Å². The lowest BCUT2D eigenvalue weighted by atomic mass is 9.71. The zero-order valence-electron chi connectivity index (χ0n) is 21.4. The molecular weight excluding hydrogens is 496 g/mol. The average molecular weight is 529 g/mol. The summed E-state index contributed by atoms with van der Waals surface area (Å²) < 4.78 is 0. The third-order valence-corrected chi connectivity index (χ3v) is 7.77. The van der Waals surface area contributed by atoms with Gasteiger partial charge in [-0.15, -0.1) is 0 Å². The van der Waals surface area contributed by atoms with Crippen LogP contribution >= 0.6 is 11.6 Å². The Morgan fingerprint density at radius 1 is 0.974 bits per heavy atom. The number of nitrogens with zero attached hydrogens (tertiary/aromatic N) is 1. The minimum absolute atomic E-state index is 0.00461. The second-order valence-electron chi connectivity index (χ2n) is 9.91. The summed E-state index contributed by atoms with van der Waals surface area (Å²) in [4.78, 5) is 29.1. The van der Waals surface area contributed by atoms with Gasteiger partial charge in [-0.05, 0) is 97.0 Å². The molecule has 38 heavy (non-hydrogen) atoms. The molecule has 1 aliphatic rings. The molecule has 196 valence electrons. The Balaban J connectivity index is 1.52. The molecular formula is C32H33ClN2O3. The van der Waals surface area contributed by atoms with E-state index in [2.05, 4.69) is 29.5 Å². The van der Waals surface area contributed by atoms with Crippen molar-refractivity contribution in [2.45, 2.75) is 44.4 Å². The Kier molecular flexibility index (Phi) is 9.14. The zero-order valence-corrected chi connectivity index (χ0v) is 22.2. The number of hydrogen-bond acceptors (Lipinski definition) is 3. The minimum atomic E-state index is -0.858. The number of carbonyl (C=O) groups excluding carboxylic acids is 1. The predicted octanol–water partition coefficient (Wildman–Crippen LogP) is 7.42. The number of rotatable bonds is 10. The molecule has 1 amide bonds. The van der Waals surface area contributed by atoms with Gasteiger partial charge >= 0.3 is 5.97 Å². The highest BCUT2D eigenvalue weighted by Gasteiger charge is 2.33. The highest BCUT2D eigenvalue weighted by atomic mass is 35.5. The number of halogens is 1. The molecule has 4 rings (SSSR count). The summed E-state index contributed by atoms with van der Waals surface area (Å²) in [6.45, 7) is 7.88. The monoisotopic (exact) mass is 528 g/mol. The largest absolute Gasteiger partial charge is 0.481 e. The lowest BCUT2D eigenvalue weighted by Crippen LogP contribution is -2.33. The summed E-state index contributed by atoms with van der Waals surface area (Å²) in [6.07, 6.45) is 9.87. The van der Waals surface area contributed by atoms with Crippen molar-refractivity contribution in [3.05, 3.63) is 107 Å². The van der Waals surface area contributed by atoms with E-state index in [-0.39, 0.29) is 24.2 Å². The zero-order chi connectivity index (χ0) is 27.1. The number of pyridine rings is 1. The summed E-state index contributed by atoms with van der Waals surface area (Å²) in [7, 11) is 0. The molecule has 1 saturated carbocycles. The van der Waals surface area contributed by atoms with Crippen LogP contribution in [0.15, 0.2) is 74.0 Å². The Hall–Kier alpha value is -3.70. The molecule has 1 heterocycles. The lowest BCUT2D eigenvalue weighted by Gasteiger charge is -2.34. The maximum atomic E-state index is 13.6. The standard InChI is InChI=1S/C32H33ClN2O3/c1-3-27-28(17-18-34-30(27)4-2)23-9-11-24(12-10-23)29(32(38)35-26-15-13-25(33)14-16-26)19-21-5-7-22(8-6-21)20-31(36)37/h3-8,13-18,23-24,29H,1-2,9-12,19-20H2,(H,35,38)(H,36,37)/t23-,24+,29-/m1/s1. The van der Waals surface area contributed by atoms with E-state index in [1.54, 1.807) is 18.2 Å². The van der Waals surface area contributed by atoms with E-state index in [1.807, 2.05) is 48.7 Å². The average Bonchev–Trinajstić information content (AvgIpc) is 2.93. The van der Waals surface area contributed by atoms with Gasteiger partial charge in [-0.2, -0.15) is 0 Å². The molecule has 1 aromatic heterocycles. The highest BCUT2D eigenvalue weighted by Crippen LogP contribution is 2.41. The van der Waals surface area contributed by atoms with Gasteiger partial charge < -0.3 is 10.4 Å². The van der Waals surface area contributed by atoms with E-state index in [1.165, 1.54) is 5.56 Å². The summed E-state index contributed by atoms with van der Waals surface area (Å²) in [6, 6.07) is 16.8. The topological polar surface area (TPSA) is 79.3 Å². The molecule has 5 nitrogen and oxygen atoms in total. The second-order valence-corrected chi connectivity index (χ2v) is 10.3. The molecule has 1 fully saturated rings. The van der Waals surface area contributed by atoms with Crippen LogP contribution in [-0.4, -0.2) is 22.0 Å². The maximum Gasteiger partial charge on any atom is 0.307 e. The second kappa shape index (κ2) is 12.7. The number of carboxylic acids is 1. The van der Waals surface area contributed by atoms with Crippen LogP contribution in [-0.2, 0) is 22.4 Å². The van der Waals surface area contributed by atoms with Crippen LogP contribution in [0.1, 0.15) is 59.5 Å². The third kappa shape index (κ3) is 6.78. The van der Waals surface area contributed by atoms with E-state index < -0.39 is 5.97 Å². The van der Waals surface area contributed by atoms with Crippen molar-refractivity contribution in [2.75, 3.05) is 5.32 Å². The number of nitrogens with one attached hydrogen (secondary N) is 1. The highest BCUT2D eigenvalue weighted by molar-refractivity contribution is 6.30. The molecule has 0 radical (unpaired) electrons. The predicted molar refractivity (Wildman–Crippen MR) is 154 cm³/mol. The van der Waals surface area contributed by atoms with E-state index in [0.29, 0.717) is 17.4 Å². The van der Waals surface area contributed by atoms with Gasteiger partial charge in [0.05, 0.1) is 12.1 Å². The number of hydrogen-bond donors (Lipinski definition) is 2. The molecule has 0 bridgehead atoms. The van der Waals surface area contributed by atoms with Crippen LogP contribution in [0.2, 0.25) is 5.02 Å². The number of carboxylic acid groups (broad SMARTS) is 1. The molecule has 0 spiro atoms. The number of anilines is 1. The van der Waals surface area contributed by atoms with Crippen molar-refractivity contribution in [1.82, 2.24) is 4.98 Å². The molecule has 2 aromatic carbocycles. The van der Waals surface area contributed by atoms with E-state index in [0.717, 1.165) is 53.8 Å². The van der Waals surface area contributed by atoms with Crippen molar-refractivity contribution in [3.8, 4) is 0 Å². The Bertz CT molecular complexity index is 1290. The van der Waals surface area contributed by atoms with Crippen LogP contribution in [0.3, 0.4) is 0 Å². The number of amides is 1. The minimum Gasteiger partial charge on any atom is -0.481 e. The van der Waals surface area contributed by atoms with E-state index in [9.17, 15) is 9.59 Å². The fourth-order valence-corrected chi connectivity index (χ4v) is 5.67. The first-order chi connectivity index (χ1) is 18.4. The molecule has 1 atom stereocenters. The van der Waals surface area contributed by atoms with Crippen molar-refractivity contribution in [1.29, 1.82) is 0 Å². The van der Waals surface area contributed by atoms with E-state index >= 15 is 0 Å². The maximum absolute atomic E-state index is 13.6. The number of aromatic nitrogens is 1. The fourth-order valence-electron chi connectivity index (χ4n) is 5.54. The molecule has 3 aromatic rings. The smallest absolute Gasteiger partial charge is 0.307 e. The summed E-state index contributed by atoms with van der Waals surface area (Å²) in [5.74, 6) is -0.461. The van der Waals surface area contributed by atoms with Gasteiger partial charge in [0.25, 0.3) is 0 Å². The lowest BCUT2D eigenvalue weighted by molar-refractivity contribution is -0.136. The number of benzene rings is 2. The van der Waals surface area contributed by atoms with Crippen molar-refractivity contribution >= 4 is 41.3 Å². The summed E-state index contributed by atoms with van der Waals surface area (Å²) >= 11 is 6.02. The van der Waals surface area contributed by atoms with Crippen LogP contribution in [0.25, 0.3) is 12.2 Å².